The first-order chi connectivity index (χ1) is 9.56. The second-order valence-electron chi connectivity index (χ2n) is 5.35. The first kappa shape index (κ1) is 13.6. The number of halogens is 1. The number of benzene rings is 1. The molecule has 2 amide bonds. The highest BCUT2D eigenvalue weighted by atomic mass is 79.9. The van der Waals surface area contributed by atoms with Gasteiger partial charge in [-0.15, -0.1) is 0 Å². The first-order valence-electron chi connectivity index (χ1n) is 6.69. The summed E-state index contributed by atoms with van der Waals surface area (Å²) in [5, 5.41) is 2.87. The predicted octanol–water partition coefficient (Wildman–Crippen LogP) is 1.32. The van der Waals surface area contributed by atoms with Crippen molar-refractivity contribution in [2.24, 2.45) is 11.7 Å². The Morgan fingerprint density at radius 1 is 1.45 bits per heavy atom. The SMILES string of the molecule is NC1C(=O)N(CC(=O)NCC2CC2)c2ccc(Br)cc21. The van der Waals surface area contributed by atoms with E-state index >= 15 is 0 Å². The van der Waals surface area contributed by atoms with Gasteiger partial charge in [-0.05, 0) is 37.0 Å². The van der Waals surface area contributed by atoms with Gasteiger partial charge in [-0.25, -0.2) is 0 Å². The molecule has 3 N–H and O–H groups in total. The monoisotopic (exact) mass is 337 g/mol. The molecule has 6 heteroatoms. The van der Waals surface area contributed by atoms with E-state index in [1.807, 2.05) is 18.2 Å². The van der Waals surface area contributed by atoms with E-state index in [1.165, 1.54) is 17.7 Å². The molecule has 1 aliphatic carbocycles. The molecule has 20 heavy (non-hydrogen) atoms. The summed E-state index contributed by atoms with van der Waals surface area (Å²) in [6, 6.07) is 4.82. The van der Waals surface area contributed by atoms with Crippen LogP contribution in [0.2, 0.25) is 0 Å². The Morgan fingerprint density at radius 2 is 2.20 bits per heavy atom. The van der Waals surface area contributed by atoms with Gasteiger partial charge in [0.05, 0.1) is 0 Å². The molecule has 1 atom stereocenters. The smallest absolute Gasteiger partial charge is 0.249 e. The van der Waals surface area contributed by atoms with Gasteiger partial charge in [0.15, 0.2) is 0 Å². The van der Waals surface area contributed by atoms with E-state index in [-0.39, 0.29) is 18.4 Å². The predicted molar refractivity (Wildman–Crippen MR) is 79.2 cm³/mol. The topological polar surface area (TPSA) is 75.4 Å². The highest BCUT2D eigenvalue weighted by Gasteiger charge is 2.36. The molecule has 1 heterocycles. The van der Waals surface area contributed by atoms with E-state index in [0.717, 1.165) is 15.7 Å². The minimum absolute atomic E-state index is 0.0356. The van der Waals surface area contributed by atoms with Crippen LogP contribution < -0.4 is 16.0 Å². The number of hydrogen-bond acceptors (Lipinski definition) is 3. The fourth-order valence-corrected chi connectivity index (χ4v) is 2.76. The maximum absolute atomic E-state index is 12.2. The lowest BCUT2D eigenvalue weighted by Gasteiger charge is -2.17. The first-order valence-corrected chi connectivity index (χ1v) is 7.48. The van der Waals surface area contributed by atoms with Crippen molar-refractivity contribution in [2.75, 3.05) is 18.0 Å². The van der Waals surface area contributed by atoms with Crippen LogP contribution in [-0.2, 0) is 9.59 Å². The molecule has 0 saturated heterocycles. The van der Waals surface area contributed by atoms with Gasteiger partial charge in [-0.2, -0.15) is 0 Å². The van der Waals surface area contributed by atoms with Crippen LogP contribution in [0.4, 0.5) is 5.69 Å². The Hall–Kier alpha value is -1.40. The lowest BCUT2D eigenvalue weighted by atomic mass is 10.1. The summed E-state index contributed by atoms with van der Waals surface area (Å²) >= 11 is 3.37. The van der Waals surface area contributed by atoms with Crippen LogP contribution in [0.3, 0.4) is 0 Å². The number of hydrogen-bond donors (Lipinski definition) is 2. The van der Waals surface area contributed by atoms with E-state index in [9.17, 15) is 9.59 Å². The summed E-state index contributed by atoms with van der Waals surface area (Å²) < 4.78 is 0.875. The maximum atomic E-state index is 12.2. The third-order valence-electron chi connectivity index (χ3n) is 3.73. The van der Waals surface area contributed by atoms with Gasteiger partial charge >= 0.3 is 0 Å². The molecule has 1 aromatic carbocycles. The van der Waals surface area contributed by atoms with Crippen LogP contribution in [0.25, 0.3) is 0 Å². The molecule has 106 valence electrons. The molecule has 1 fully saturated rings. The second kappa shape index (κ2) is 5.18. The molecule has 1 aliphatic heterocycles. The van der Waals surface area contributed by atoms with Crippen LogP contribution >= 0.6 is 15.9 Å². The average Bonchev–Trinajstić information content (AvgIpc) is 3.22. The Kier molecular flexibility index (Phi) is 3.52. The van der Waals surface area contributed by atoms with Gasteiger partial charge in [0.2, 0.25) is 11.8 Å². The van der Waals surface area contributed by atoms with Crippen molar-refractivity contribution in [3.63, 3.8) is 0 Å². The molecular weight excluding hydrogens is 322 g/mol. The van der Waals surface area contributed by atoms with Crippen molar-refractivity contribution in [1.29, 1.82) is 0 Å². The summed E-state index contributed by atoms with van der Waals surface area (Å²) in [4.78, 5) is 25.5. The second-order valence-corrected chi connectivity index (χ2v) is 6.27. The van der Waals surface area contributed by atoms with Crippen LogP contribution in [0.1, 0.15) is 24.4 Å². The molecule has 1 unspecified atom stereocenters. The van der Waals surface area contributed by atoms with Crippen molar-refractivity contribution >= 4 is 33.4 Å². The third kappa shape index (κ3) is 2.58. The van der Waals surface area contributed by atoms with Gasteiger partial charge in [-0.1, -0.05) is 15.9 Å². The average molecular weight is 338 g/mol. The number of amides is 2. The summed E-state index contributed by atoms with van der Waals surface area (Å²) in [6.45, 7) is 0.744. The summed E-state index contributed by atoms with van der Waals surface area (Å²) in [5.41, 5.74) is 7.41. The van der Waals surface area contributed by atoms with E-state index in [0.29, 0.717) is 12.5 Å². The zero-order chi connectivity index (χ0) is 14.3. The van der Waals surface area contributed by atoms with Gasteiger partial charge in [0.1, 0.15) is 12.6 Å². The molecule has 0 spiro atoms. The molecule has 0 radical (unpaired) electrons. The summed E-state index contributed by atoms with van der Waals surface area (Å²) in [5.74, 6) is 0.270. The van der Waals surface area contributed by atoms with E-state index in [4.69, 9.17) is 5.73 Å². The maximum Gasteiger partial charge on any atom is 0.249 e. The van der Waals surface area contributed by atoms with Crippen molar-refractivity contribution in [3.05, 3.63) is 28.2 Å². The minimum Gasteiger partial charge on any atom is -0.354 e. The zero-order valence-corrected chi connectivity index (χ0v) is 12.5. The normalized spacial score (nSPS) is 21.0. The Bertz CT molecular complexity index is 572. The number of carbonyl (C=O) groups excluding carboxylic acids is 2. The highest BCUT2D eigenvalue weighted by molar-refractivity contribution is 9.10. The Balaban J connectivity index is 1.73. The van der Waals surface area contributed by atoms with Crippen molar-refractivity contribution in [3.8, 4) is 0 Å². The standard InChI is InChI=1S/C14H16BrN3O2/c15-9-3-4-11-10(5-9)13(16)14(20)18(11)7-12(19)17-6-8-1-2-8/h3-5,8,13H,1-2,6-7,16H2,(H,17,19). The fraction of sp³-hybridized carbons (Fsp3) is 0.429. The van der Waals surface area contributed by atoms with Crippen LogP contribution in [-0.4, -0.2) is 24.9 Å². The number of rotatable bonds is 4. The quantitative estimate of drug-likeness (QED) is 0.870. The third-order valence-corrected chi connectivity index (χ3v) is 4.23. The van der Waals surface area contributed by atoms with E-state index in [1.54, 1.807) is 0 Å². The summed E-state index contributed by atoms with van der Waals surface area (Å²) in [6.07, 6.45) is 2.37. The molecule has 2 aliphatic rings. The number of anilines is 1. The van der Waals surface area contributed by atoms with E-state index in [2.05, 4.69) is 21.2 Å². The van der Waals surface area contributed by atoms with Crippen LogP contribution in [0.15, 0.2) is 22.7 Å². The Labute approximate surface area is 125 Å². The van der Waals surface area contributed by atoms with Crippen LogP contribution in [0, 0.1) is 5.92 Å². The molecule has 1 saturated carbocycles. The fourth-order valence-electron chi connectivity index (χ4n) is 2.38. The highest BCUT2D eigenvalue weighted by Crippen LogP contribution is 2.36. The number of nitrogens with one attached hydrogen (secondary N) is 1. The van der Waals surface area contributed by atoms with Gasteiger partial charge in [0, 0.05) is 22.3 Å². The Morgan fingerprint density at radius 3 is 2.90 bits per heavy atom. The van der Waals surface area contributed by atoms with Crippen LogP contribution in [0.5, 0.6) is 0 Å². The summed E-state index contributed by atoms with van der Waals surface area (Å²) in [7, 11) is 0. The molecule has 3 rings (SSSR count). The zero-order valence-electron chi connectivity index (χ0n) is 10.9. The van der Waals surface area contributed by atoms with Crippen molar-refractivity contribution < 1.29 is 9.59 Å². The number of fused-ring (bicyclic) bond motifs is 1. The minimum atomic E-state index is -0.682. The van der Waals surface area contributed by atoms with Crippen molar-refractivity contribution in [2.45, 2.75) is 18.9 Å². The van der Waals surface area contributed by atoms with E-state index < -0.39 is 6.04 Å². The number of nitrogens with two attached hydrogens (primary N) is 1. The largest absolute Gasteiger partial charge is 0.354 e. The lowest BCUT2D eigenvalue weighted by molar-refractivity contribution is -0.124. The molecule has 5 nitrogen and oxygen atoms in total. The number of carbonyl (C=O) groups is 2. The van der Waals surface area contributed by atoms with Gasteiger partial charge < -0.3 is 16.0 Å². The molecule has 0 aromatic heterocycles. The molecule has 1 aromatic rings. The van der Waals surface area contributed by atoms with Crippen molar-refractivity contribution in [1.82, 2.24) is 5.32 Å². The lowest BCUT2D eigenvalue weighted by Crippen LogP contribution is -2.41. The molecular formula is C14H16BrN3O2. The molecule has 0 bridgehead atoms. The van der Waals surface area contributed by atoms with Gasteiger partial charge in [-0.3, -0.25) is 9.59 Å². The van der Waals surface area contributed by atoms with Gasteiger partial charge in [0.25, 0.3) is 0 Å². The number of nitrogens with zero attached hydrogens (tertiary/aromatic N) is 1.